The van der Waals surface area contributed by atoms with Crippen LogP contribution in [0.15, 0.2) is 46.9 Å². The highest BCUT2D eigenvalue weighted by Crippen LogP contribution is 2.37. The van der Waals surface area contributed by atoms with Gasteiger partial charge in [-0.15, -0.1) is 11.3 Å². The van der Waals surface area contributed by atoms with Crippen LogP contribution in [0.3, 0.4) is 0 Å². The first-order chi connectivity index (χ1) is 16.1. The predicted octanol–water partition coefficient (Wildman–Crippen LogP) is 4.69. The van der Waals surface area contributed by atoms with Crippen LogP contribution >= 0.6 is 34.7 Å². The molecule has 3 aromatic heterocycles. The summed E-state index contributed by atoms with van der Waals surface area (Å²) in [5, 5.41) is 42.6. The number of H-pyrrole nitrogens is 1. The Morgan fingerprint density at radius 3 is 2.58 bits per heavy atom. The molecule has 0 amide bonds. The first-order valence-electron chi connectivity index (χ1n) is 9.70. The number of hydrogen-bond acceptors (Lipinski definition) is 9. The van der Waals surface area contributed by atoms with E-state index < -0.39 is 0 Å². The Morgan fingerprint density at radius 2 is 1.91 bits per heavy atom. The molecular formula is C22H16ClN7OS2. The van der Waals surface area contributed by atoms with Crippen molar-refractivity contribution in [3.05, 3.63) is 63.8 Å². The third kappa shape index (κ3) is 5.00. The highest BCUT2D eigenvalue weighted by Gasteiger charge is 2.22. The summed E-state index contributed by atoms with van der Waals surface area (Å²) < 4.78 is 0. The maximum Gasteiger partial charge on any atom is 0.146 e. The second-order valence-corrected chi connectivity index (χ2v) is 8.93. The minimum Gasteiger partial charge on any atom is -0.395 e. The van der Waals surface area contributed by atoms with Crippen LogP contribution in [-0.4, -0.2) is 38.4 Å². The molecule has 1 aromatic carbocycles. The zero-order valence-corrected chi connectivity index (χ0v) is 19.4. The number of hydrogen-bond donors (Lipinski definition) is 3. The largest absolute Gasteiger partial charge is 0.395 e. The van der Waals surface area contributed by atoms with Crippen molar-refractivity contribution >= 4 is 40.5 Å². The second-order valence-electron chi connectivity index (χ2n) is 6.67. The minimum absolute atomic E-state index is 0.124. The molecule has 0 spiro atoms. The number of nitriles is 2. The third-order valence-corrected chi connectivity index (χ3v) is 6.76. The van der Waals surface area contributed by atoms with Crippen molar-refractivity contribution in [1.29, 1.82) is 10.5 Å². The lowest BCUT2D eigenvalue weighted by atomic mass is 10.0. The molecule has 4 rings (SSSR count). The van der Waals surface area contributed by atoms with Crippen molar-refractivity contribution in [2.45, 2.75) is 10.8 Å². The molecule has 0 saturated carbocycles. The van der Waals surface area contributed by atoms with E-state index in [1.807, 2.05) is 29.6 Å². The van der Waals surface area contributed by atoms with E-state index in [0.29, 0.717) is 32.9 Å². The minimum atomic E-state index is -0.124. The molecule has 0 saturated heterocycles. The Hall–Kier alpha value is -3.41. The number of aliphatic hydroxyl groups excluding tert-OH is 1. The summed E-state index contributed by atoms with van der Waals surface area (Å²) in [5.41, 5.74) is 3.29. The monoisotopic (exact) mass is 493 g/mol. The average Bonchev–Trinajstić information content (AvgIpc) is 3.53. The highest BCUT2D eigenvalue weighted by molar-refractivity contribution is 7.98. The van der Waals surface area contributed by atoms with Crippen molar-refractivity contribution < 1.29 is 5.11 Å². The molecule has 164 valence electrons. The molecule has 4 aromatic rings. The Morgan fingerprint density at radius 1 is 1.12 bits per heavy atom. The van der Waals surface area contributed by atoms with E-state index in [-0.39, 0.29) is 24.3 Å². The number of aliphatic hydroxyl groups is 1. The molecule has 0 aliphatic heterocycles. The van der Waals surface area contributed by atoms with Gasteiger partial charge in [0, 0.05) is 40.0 Å². The van der Waals surface area contributed by atoms with Crippen LogP contribution in [0.2, 0.25) is 5.02 Å². The quantitative estimate of drug-likeness (QED) is 0.301. The van der Waals surface area contributed by atoms with E-state index in [0.717, 1.165) is 16.3 Å². The Kier molecular flexibility index (Phi) is 7.23. The van der Waals surface area contributed by atoms with Crippen LogP contribution in [-0.2, 0) is 5.75 Å². The number of nitrogens with zero attached hydrogens (tertiary/aromatic N) is 5. The molecule has 0 unspecified atom stereocenters. The van der Waals surface area contributed by atoms with Crippen LogP contribution in [0.25, 0.3) is 21.8 Å². The van der Waals surface area contributed by atoms with Crippen LogP contribution in [0.1, 0.15) is 16.8 Å². The summed E-state index contributed by atoms with van der Waals surface area (Å²) in [4.78, 5) is 9.22. The number of pyridine rings is 1. The van der Waals surface area contributed by atoms with Gasteiger partial charge in [0.1, 0.15) is 33.6 Å². The summed E-state index contributed by atoms with van der Waals surface area (Å²) in [6, 6.07) is 13.5. The van der Waals surface area contributed by atoms with Gasteiger partial charge in [-0.3, -0.25) is 5.10 Å². The normalized spacial score (nSPS) is 10.5. The summed E-state index contributed by atoms with van der Waals surface area (Å²) in [7, 11) is 0. The number of thiazole rings is 1. The van der Waals surface area contributed by atoms with Crippen LogP contribution in [0, 0.1) is 22.7 Å². The highest BCUT2D eigenvalue weighted by atomic mass is 35.5. The van der Waals surface area contributed by atoms with Crippen molar-refractivity contribution in [3.63, 3.8) is 0 Å². The molecule has 0 aliphatic rings. The number of halogens is 1. The zero-order valence-electron chi connectivity index (χ0n) is 17.0. The van der Waals surface area contributed by atoms with Gasteiger partial charge in [0.2, 0.25) is 0 Å². The van der Waals surface area contributed by atoms with Crippen molar-refractivity contribution in [2.24, 2.45) is 0 Å². The fraction of sp³-hybridized carbons (Fsp3) is 0.136. The standard InChI is InChI=1S/C22H16ClN7OS2/c23-14-3-1-13(2-4-14)21-28-15(11-32-21)12-33-22-17(10-25)19(18-5-6-27-30-18)16(9-24)20(29-22)26-7-8-31/h1-6,11,31H,7-8,12H2,(H,26,29)(H,27,30). The maximum absolute atomic E-state index is 9.93. The molecule has 0 radical (unpaired) electrons. The molecule has 33 heavy (non-hydrogen) atoms. The third-order valence-electron chi connectivity index (χ3n) is 4.56. The first-order valence-corrected chi connectivity index (χ1v) is 11.9. The topological polar surface area (TPSA) is 134 Å². The molecule has 3 N–H and O–H groups in total. The van der Waals surface area contributed by atoms with Gasteiger partial charge >= 0.3 is 0 Å². The van der Waals surface area contributed by atoms with Crippen molar-refractivity contribution in [3.8, 4) is 34.0 Å². The summed E-state index contributed by atoms with van der Waals surface area (Å²) in [6.07, 6.45) is 1.55. The van der Waals surface area contributed by atoms with Gasteiger partial charge < -0.3 is 10.4 Å². The second kappa shape index (κ2) is 10.5. The SMILES string of the molecule is N#Cc1c(NCCO)nc(SCc2csc(-c3ccc(Cl)cc3)n2)c(C#N)c1-c1ccn[nH]1. The molecule has 0 fully saturated rings. The van der Waals surface area contributed by atoms with Gasteiger partial charge in [0.25, 0.3) is 0 Å². The van der Waals surface area contributed by atoms with E-state index in [1.165, 1.54) is 23.1 Å². The van der Waals surface area contributed by atoms with E-state index in [4.69, 9.17) is 11.6 Å². The number of aromatic nitrogens is 4. The molecule has 11 heteroatoms. The number of thioether (sulfide) groups is 1. The van der Waals surface area contributed by atoms with Crippen LogP contribution in [0.4, 0.5) is 5.82 Å². The van der Waals surface area contributed by atoms with E-state index in [1.54, 1.807) is 12.3 Å². The lowest BCUT2D eigenvalue weighted by molar-refractivity contribution is 0.311. The predicted molar refractivity (Wildman–Crippen MR) is 129 cm³/mol. The van der Waals surface area contributed by atoms with E-state index >= 15 is 0 Å². The number of aromatic amines is 1. The molecule has 0 atom stereocenters. The lowest BCUT2D eigenvalue weighted by Gasteiger charge is -2.14. The van der Waals surface area contributed by atoms with Crippen molar-refractivity contribution in [2.75, 3.05) is 18.5 Å². The summed E-state index contributed by atoms with van der Waals surface area (Å²) >= 11 is 8.85. The Labute approximate surface area is 202 Å². The molecule has 0 bridgehead atoms. The molecular weight excluding hydrogens is 478 g/mol. The number of benzene rings is 1. The van der Waals surface area contributed by atoms with Crippen LogP contribution < -0.4 is 5.32 Å². The molecule has 8 nitrogen and oxygen atoms in total. The van der Waals surface area contributed by atoms with Gasteiger partial charge in [-0.2, -0.15) is 15.6 Å². The number of anilines is 1. The number of nitrogens with one attached hydrogen (secondary N) is 2. The van der Waals surface area contributed by atoms with Crippen LogP contribution in [0.5, 0.6) is 0 Å². The lowest BCUT2D eigenvalue weighted by Crippen LogP contribution is -2.11. The van der Waals surface area contributed by atoms with Gasteiger partial charge in [0.15, 0.2) is 0 Å². The smallest absolute Gasteiger partial charge is 0.146 e. The Balaban J connectivity index is 1.67. The number of rotatable bonds is 8. The van der Waals surface area contributed by atoms with E-state index in [9.17, 15) is 15.6 Å². The maximum atomic E-state index is 9.93. The fourth-order valence-corrected chi connectivity index (χ4v) is 5.03. The summed E-state index contributed by atoms with van der Waals surface area (Å²) in [6.45, 7) is 0.0946. The van der Waals surface area contributed by atoms with Gasteiger partial charge in [-0.05, 0) is 18.2 Å². The Bertz CT molecular complexity index is 1340. The summed E-state index contributed by atoms with van der Waals surface area (Å²) in [5.74, 6) is 0.789. The van der Waals surface area contributed by atoms with Crippen molar-refractivity contribution in [1.82, 2.24) is 20.2 Å². The van der Waals surface area contributed by atoms with Gasteiger partial charge in [-0.25, -0.2) is 9.97 Å². The van der Waals surface area contributed by atoms with Gasteiger partial charge in [-0.1, -0.05) is 35.5 Å². The van der Waals surface area contributed by atoms with E-state index in [2.05, 4.69) is 37.6 Å². The average molecular weight is 494 g/mol. The fourth-order valence-electron chi connectivity index (χ4n) is 3.09. The molecule has 3 heterocycles. The molecule has 0 aliphatic carbocycles. The van der Waals surface area contributed by atoms with Gasteiger partial charge in [0.05, 0.1) is 23.6 Å². The zero-order chi connectivity index (χ0) is 23.2. The first kappa shape index (κ1) is 22.8.